The van der Waals surface area contributed by atoms with Crippen LogP contribution in [0.15, 0.2) is 47.1 Å². The predicted molar refractivity (Wildman–Crippen MR) is 99.0 cm³/mol. The zero-order valence-corrected chi connectivity index (χ0v) is 15.4. The molecular weight excluding hydrogens is 370 g/mol. The Morgan fingerprint density at radius 1 is 1.15 bits per heavy atom. The molecule has 0 saturated carbocycles. The van der Waals surface area contributed by atoms with Gasteiger partial charge >= 0.3 is 0 Å². The lowest BCUT2D eigenvalue weighted by Gasteiger charge is -2.15. The molecule has 8 heteroatoms. The smallest absolute Gasteiger partial charge is 0.251 e. The fourth-order valence-electron chi connectivity index (χ4n) is 2.90. The third-order valence-electron chi connectivity index (χ3n) is 4.33. The average molecular weight is 390 g/mol. The van der Waals surface area contributed by atoms with Crippen molar-refractivity contribution in [1.29, 1.82) is 0 Å². The maximum atomic E-state index is 12.3. The number of hydrogen-bond acceptors (Lipinski definition) is 4. The van der Waals surface area contributed by atoms with Crippen molar-refractivity contribution >= 4 is 29.3 Å². The van der Waals surface area contributed by atoms with Gasteiger partial charge in [-0.1, -0.05) is 11.6 Å². The van der Waals surface area contributed by atoms with Crippen molar-refractivity contribution in [3.05, 3.63) is 59.0 Å². The van der Waals surface area contributed by atoms with E-state index in [1.807, 2.05) is 0 Å². The van der Waals surface area contributed by atoms with Crippen LogP contribution in [0.3, 0.4) is 0 Å². The summed E-state index contributed by atoms with van der Waals surface area (Å²) in [6.45, 7) is 1.32. The lowest BCUT2D eigenvalue weighted by molar-refractivity contribution is -0.129. The van der Waals surface area contributed by atoms with Crippen molar-refractivity contribution in [2.24, 2.45) is 5.92 Å². The first-order valence-electron chi connectivity index (χ1n) is 8.64. The largest absolute Gasteiger partial charge is 0.467 e. The minimum absolute atomic E-state index is 0.0670. The summed E-state index contributed by atoms with van der Waals surface area (Å²) in [7, 11) is 0. The molecule has 1 aliphatic rings. The molecule has 27 heavy (non-hydrogen) atoms. The molecule has 0 radical (unpaired) electrons. The maximum absolute atomic E-state index is 12.3. The molecule has 0 unspecified atom stereocenters. The van der Waals surface area contributed by atoms with E-state index in [4.69, 9.17) is 16.0 Å². The van der Waals surface area contributed by atoms with E-state index in [1.165, 1.54) is 0 Å². The first-order valence-corrected chi connectivity index (χ1v) is 9.02. The first-order chi connectivity index (χ1) is 13.0. The van der Waals surface area contributed by atoms with Gasteiger partial charge in [-0.2, -0.15) is 0 Å². The molecule has 3 amide bonds. The molecule has 2 N–H and O–H groups in total. The van der Waals surface area contributed by atoms with Crippen molar-refractivity contribution in [3.63, 3.8) is 0 Å². The van der Waals surface area contributed by atoms with Crippen LogP contribution in [0, 0.1) is 5.92 Å². The van der Waals surface area contributed by atoms with Gasteiger partial charge in [-0.3, -0.25) is 14.4 Å². The zero-order chi connectivity index (χ0) is 19.2. The van der Waals surface area contributed by atoms with Gasteiger partial charge in [0.05, 0.1) is 18.7 Å². The number of benzene rings is 1. The molecule has 142 valence electrons. The van der Waals surface area contributed by atoms with Crippen molar-refractivity contribution in [3.8, 4) is 0 Å². The van der Waals surface area contributed by atoms with Gasteiger partial charge in [0.2, 0.25) is 11.8 Å². The fourth-order valence-corrected chi connectivity index (χ4v) is 3.03. The third-order valence-corrected chi connectivity index (χ3v) is 4.58. The molecule has 0 bridgehead atoms. The van der Waals surface area contributed by atoms with Crippen LogP contribution in [-0.2, 0) is 16.1 Å². The summed E-state index contributed by atoms with van der Waals surface area (Å²) in [4.78, 5) is 37.9. The Hall–Kier alpha value is -2.80. The molecule has 3 rings (SSSR count). The molecule has 1 atom stereocenters. The van der Waals surface area contributed by atoms with Crippen molar-refractivity contribution < 1.29 is 18.8 Å². The normalized spacial score (nSPS) is 16.4. The summed E-state index contributed by atoms with van der Waals surface area (Å²) in [6.07, 6.45) is 1.74. The van der Waals surface area contributed by atoms with E-state index >= 15 is 0 Å². The molecule has 0 spiro atoms. The Kier molecular flexibility index (Phi) is 6.13. The van der Waals surface area contributed by atoms with E-state index in [1.54, 1.807) is 47.6 Å². The molecule has 1 aliphatic heterocycles. The third kappa shape index (κ3) is 5.10. The molecule has 1 saturated heterocycles. The maximum Gasteiger partial charge on any atom is 0.251 e. The van der Waals surface area contributed by atoms with Crippen LogP contribution in [0.2, 0.25) is 5.02 Å². The second-order valence-electron chi connectivity index (χ2n) is 6.31. The minimum Gasteiger partial charge on any atom is -0.467 e. The van der Waals surface area contributed by atoms with E-state index in [0.717, 1.165) is 0 Å². The highest BCUT2D eigenvalue weighted by molar-refractivity contribution is 6.30. The number of furan rings is 1. The lowest BCUT2D eigenvalue weighted by atomic mass is 10.1. The van der Waals surface area contributed by atoms with Gasteiger partial charge in [0, 0.05) is 36.6 Å². The zero-order valence-electron chi connectivity index (χ0n) is 14.6. The van der Waals surface area contributed by atoms with E-state index < -0.39 is 0 Å². The molecule has 1 aromatic heterocycles. The molecular formula is C19H20ClN3O4. The van der Waals surface area contributed by atoms with Crippen LogP contribution in [-0.4, -0.2) is 42.3 Å². The Labute approximate surface area is 161 Å². The summed E-state index contributed by atoms with van der Waals surface area (Å²) in [5.74, 6) is -0.191. The Morgan fingerprint density at radius 3 is 2.59 bits per heavy atom. The summed E-state index contributed by atoms with van der Waals surface area (Å²) >= 11 is 5.79. The van der Waals surface area contributed by atoms with Gasteiger partial charge in [-0.15, -0.1) is 0 Å². The van der Waals surface area contributed by atoms with E-state index in [-0.39, 0.29) is 30.1 Å². The molecule has 1 fully saturated rings. The van der Waals surface area contributed by atoms with Crippen LogP contribution in [0.4, 0.5) is 0 Å². The lowest BCUT2D eigenvalue weighted by Crippen LogP contribution is -2.38. The highest BCUT2D eigenvalue weighted by Gasteiger charge is 2.34. The van der Waals surface area contributed by atoms with Crippen LogP contribution < -0.4 is 10.6 Å². The summed E-state index contributed by atoms with van der Waals surface area (Å²) < 4.78 is 5.24. The number of likely N-dealkylation sites (tertiary alicyclic amines) is 1. The number of carbonyl (C=O) groups excluding carboxylic acids is 3. The number of nitrogens with zero attached hydrogens (tertiary/aromatic N) is 1. The van der Waals surface area contributed by atoms with Crippen molar-refractivity contribution in [2.45, 2.75) is 13.0 Å². The second kappa shape index (κ2) is 8.73. The molecule has 7 nitrogen and oxygen atoms in total. The summed E-state index contributed by atoms with van der Waals surface area (Å²) in [5.41, 5.74) is 0.501. The number of hydrogen-bond donors (Lipinski definition) is 2. The van der Waals surface area contributed by atoms with Gasteiger partial charge in [-0.25, -0.2) is 0 Å². The van der Waals surface area contributed by atoms with Crippen molar-refractivity contribution in [2.75, 3.05) is 19.6 Å². The van der Waals surface area contributed by atoms with Crippen LogP contribution in [0.5, 0.6) is 0 Å². The van der Waals surface area contributed by atoms with Crippen LogP contribution in [0.1, 0.15) is 22.5 Å². The minimum atomic E-state index is -0.389. The SMILES string of the molecule is O=C(NCCNC(=O)[C@H]1CC(=O)N(Cc2ccco2)C1)c1ccc(Cl)cc1. The summed E-state index contributed by atoms with van der Waals surface area (Å²) in [5, 5.41) is 6.05. The Morgan fingerprint density at radius 2 is 1.89 bits per heavy atom. The number of rotatable bonds is 7. The number of amides is 3. The molecule has 0 aliphatic carbocycles. The monoisotopic (exact) mass is 389 g/mol. The quantitative estimate of drug-likeness (QED) is 0.707. The number of carbonyl (C=O) groups is 3. The molecule has 2 aromatic rings. The molecule has 1 aromatic carbocycles. The van der Waals surface area contributed by atoms with E-state index in [9.17, 15) is 14.4 Å². The number of halogens is 1. The van der Waals surface area contributed by atoms with E-state index in [2.05, 4.69) is 10.6 Å². The highest BCUT2D eigenvalue weighted by Crippen LogP contribution is 2.20. The van der Waals surface area contributed by atoms with Gasteiger partial charge in [0.15, 0.2) is 0 Å². The van der Waals surface area contributed by atoms with Crippen molar-refractivity contribution in [1.82, 2.24) is 15.5 Å². The summed E-state index contributed by atoms with van der Waals surface area (Å²) in [6, 6.07) is 10.1. The van der Waals surface area contributed by atoms with E-state index in [0.29, 0.717) is 42.5 Å². The van der Waals surface area contributed by atoms with Gasteiger partial charge in [0.25, 0.3) is 5.91 Å². The van der Waals surface area contributed by atoms with Gasteiger partial charge in [-0.05, 0) is 36.4 Å². The topological polar surface area (TPSA) is 91.7 Å². The van der Waals surface area contributed by atoms with Crippen LogP contribution >= 0.6 is 11.6 Å². The van der Waals surface area contributed by atoms with Crippen LogP contribution in [0.25, 0.3) is 0 Å². The highest BCUT2D eigenvalue weighted by atomic mass is 35.5. The Balaban J connectivity index is 1.38. The number of nitrogens with one attached hydrogen (secondary N) is 2. The fraction of sp³-hybridized carbons (Fsp3) is 0.316. The van der Waals surface area contributed by atoms with Gasteiger partial charge < -0.3 is 20.0 Å². The molecule has 2 heterocycles. The Bertz CT molecular complexity index is 805. The average Bonchev–Trinajstić information content (AvgIpc) is 3.29. The second-order valence-corrected chi connectivity index (χ2v) is 6.74. The van der Waals surface area contributed by atoms with Gasteiger partial charge in [0.1, 0.15) is 5.76 Å². The standard InChI is InChI=1S/C19H20ClN3O4/c20-15-5-3-13(4-6-15)18(25)21-7-8-22-19(26)14-10-17(24)23(11-14)12-16-2-1-9-27-16/h1-6,9,14H,7-8,10-12H2,(H,21,25)(H,22,26)/t14-/m0/s1. The predicted octanol–water partition coefficient (Wildman–Crippen LogP) is 1.83. The first kappa shape index (κ1) is 19.0.